The zero-order chi connectivity index (χ0) is 17.2. The van der Waals surface area contributed by atoms with Gasteiger partial charge in [-0.2, -0.15) is 0 Å². The Labute approximate surface area is 145 Å². The van der Waals surface area contributed by atoms with Crippen molar-refractivity contribution >= 4 is 21.2 Å². The molecule has 0 saturated heterocycles. The van der Waals surface area contributed by atoms with Gasteiger partial charge in [-0.25, -0.2) is 0 Å². The van der Waals surface area contributed by atoms with E-state index in [1.54, 1.807) is 0 Å². The van der Waals surface area contributed by atoms with Crippen molar-refractivity contribution in [1.82, 2.24) is 0 Å². The topological polar surface area (TPSA) is 40.1 Å². The Hall–Kier alpha value is -0.258. The van der Waals surface area contributed by atoms with Crippen molar-refractivity contribution in [3.05, 3.63) is 12.7 Å². The molecule has 0 saturated carbocycles. The van der Waals surface area contributed by atoms with Gasteiger partial charge in [-0.3, -0.25) is 0 Å². The van der Waals surface area contributed by atoms with Crippen LogP contribution >= 0.6 is 0 Å². The number of rotatable bonds is 13. The Morgan fingerprint density at radius 2 is 1.41 bits per heavy atom. The number of carboxylic acid groups (broad SMARTS) is 1. The van der Waals surface area contributed by atoms with E-state index in [1.807, 2.05) is 6.08 Å². The first-order valence-corrected chi connectivity index (χ1v) is 10.7. The SMILES string of the molecule is C=CCCCCCCCCC(=O)[O-].CC(C)[CH2][Al+][CH2]C(C)C. The van der Waals surface area contributed by atoms with Gasteiger partial charge in [0.25, 0.3) is 0 Å². The number of carbonyl (C=O) groups excluding carboxylic acids is 1. The second kappa shape index (κ2) is 18.8. The summed E-state index contributed by atoms with van der Waals surface area (Å²) in [7, 11) is 0. The minimum atomic E-state index is -0.924. The number of allylic oxidation sites excluding steroid dienone is 1. The first-order valence-electron chi connectivity index (χ1n) is 9.02. The minimum absolute atomic E-state index is 0.215. The number of carboxylic acids is 1. The van der Waals surface area contributed by atoms with Gasteiger partial charge in [0.2, 0.25) is 0 Å². The van der Waals surface area contributed by atoms with Crippen LogP contribution in [-0.2, 0) is 4.79 Å². The molecular formula is C19H37AlO2. The molecule has 0 amide bonds. The molecule has 0 radical (unpaired) electrons. The summed E-state index contributed by atoms with van der Waals surface area (Å²) in [6.07, 6.45) is 9.83. The fourth-order valence-electron chi connectivity index (χ4n) is 2.03. The van der Waals surface area contributed by atoms with Gasteiger partial charge in [-0.1, -0.05) is 31.8 Å². The molecular weight excluding hydrogens is 287 g/mol. The molecule has 0 aromatic heterocycles. The van der Waals surface area contributed by atoms with E-state index in [-0.39, 0.29) is 6.42 Å². The number of hydrogen-bond donors (Lipinski definition) is 0. The predicted octanol–water partition coefficient (Wildman–Crippen LogP) is 4.88. The molecule has 3 heteroatoms. The monoisotopic (exact) mass is 324 g/mol. The summed E-state index contributed by atoms with van der Waals surface area (Å²) in [5, 5.41) is 13.0. The molecule has 0 rings (SSSR count). The molecule has 2 nitrogen and oxygen atoms in total. The van der Waals surface area contributed by atoms with Crippen molar-refractivity contribution in [2.45, 2.75) is 89.6 Å². The predicted molar refractivity (Wildman–Crippen MR) is 97.2 cm³/mol. The standard InChI is InChI=1S/C11H20O2.2C4H9.Al/c1-2-3-4-5-6-7-8-9-10-11(12)13;2*1-4(2)3;/h2H,1,3-10H2,(H,12,13);2*4H,1H2,2-3H3;/q;;;+1/p-1. The second-order valence-corrected chi connectivity index (χ2v) is 8.39. The average Bonchev–Trinajstić information content (AvgIpc) is 2.41. The van der Waals surface area contributed by atoms with Gasteiger partial charge in [0, 0.05) is 5.97 Å². The fourth-order valence-corrected chi connectivity index (χ4v) is 3.55. The summed E-state index contributed by atoms with van der Waals surface area (Å²) in [6, 6.07) is 0. The van der Waals surface area contributed by atoms with Crippen LogP contribution < -0.4 is 5.11 Å². The van der Waals surface area contributed by atoms with Crippen LogP contribution in [0.3, 0.4) is 0 Å². The van der Waals surface area contributed by atoms with Crippen LogP contribution in [0.4, 0.5) is 0 Å². The quantitative estimate of drug-likeness (QED) is 0.275. The molecule has 0 aliphatic carbocycles. The number of aliphatic carboxylic acids is 1. The fraction of sp³-hybridized carbons (Fsp3) is 0.842. The summed E-state index contributed by atoms with van der Waals surface area (Å²) < 4.78 is 0. The van der Waals surface area contributed by atoms with Crippen molar-refractivity contribution in [1.29, 1.82) is 0 Å². The van der Waals surface area contributed by atoms with Crippen LogP contribution in [0.5, 0.6) is 0 Å². The summed E-state index contributed by atoms with van der Waals surface area (Å²) in [5.74, 6) is 0.934. The van der Waals surface area contributed by atoms with Crippen molar-refractivity contribution in [3.63, 3.8) is 0 Å². The van der Waals surface area contributed by atoms with E-state index in [0.717, 1.165) is 52.7 Å². The maximum absolute atomic E-state index is 10.1. The van der Waals surface area contributed by atoms with Crippen molar-refractivity contribution < 1.29 is 9.90 Å². The van der Waals surface area contributed by atoms with Crippen LogP contribution in [0.25, 0.3) is 0 Å². The Kier molecular flexibility index (Phi) is 20.5. The summed E-state index contributed by atoms with van der Waals surface area (Å²) in [4.78, 5) is 10.1. The van der Waals surface area contributed by atoms with Gasteiger partial charge in [0.1, 0.15) is 0 Å². The van der Waals surface area contributed by atoms with E-state index < -0.39 is 5.97 Å². The molecule has 0 aromatic rings. The zero-order valence-electron chi connectivity index (χ0n) is 15.4. The van der Waals surface area contributed by atoms with Crippen LogP contribution in [0, 0.1) is 11.8 Å². The Balaban J connectivity index is 0. The Morgan fingerprint density at radius 3 is 1.82 bits per heavy atom. The zero-order valence-corrected chi connectivity index (χ0v) is 16.6. The molecule has 0 unspecified atom stereocenters. The molecule has 0 spiro atoms. The van der Waals surface area contributed by atoms with Gasteiger partial charge in [-0.05, 0) is 25.7 Å². The van der Waals surface area contributed by atoms with Crippen LogP contribution in [0.2, 0.25) is 10.6 Å². The second-order valence-electron chi connectivity index (χ2n) is 6.87. The third kappa shape index (κ3) is 28.0. The first kappa shape index (κ1) is 24.0. The van der Waals surface area contributed by atoms with E-state index in [1.165, 1.54) is 29.8 Å². The normalized spacial score (nSPS) is 10.1. The van der Waals surface area contributed by atoms with Gasteiger partial charge < -0.3 is 9.90 Å². The Bertz CT molecular complexity index is 242. The summed E-state index contributed by atoms with van der Waals surface area (Å²) >= 11 is 0.755. The third-order valence-electron chi connectivity index (χ3n) is 3.32. The molecule has 0 aromatic carbocycles. The van der Waals surface area contributed by atoms with Crippen LogP contribution in [0.1, 0.15) is 79.1 Å². The summed E-state index contributed by atoms with van der Waals surface area (Å²) in [6.45, 7) is 12.9. The molecule has 0 aliphatic rings. The number of carbonyl (C=O) groups is 1. The van der Waals surface area contributed by atoms with Crippen LogP contribution in [0.15, 0.2) is 12.7 Å². The first-order chi connectivity index (χ1) is 10.4. The van der Waals surface area contributed by atoms with Crippen molar-refractivity contribution in [3.8, 4) is 0 Å². The third-order valence-corrected chi connectivity index (χ3v) is 5.87. The molecule has 0 N–H and O–H groups in total. The van der Waals surface area contributed by atoms with Gasteiger partial charge in [-0.15, -0.1) is 6.58 Å². The summed E-state index contributed by atoms with van der Waals surface area (Å²) in [5.41, 5.74) is 0. The molecule has 0 bridgehead atoms. The van der Waals surface area contributed by atoms with Crippen LogP contribution in [-0.4, -0.2) is 21.2 Å². The number of hydrogen-bond acceptors (Lipinski definition) is 2. The van der Waals surface area contributed by atoms with Crippen molar-refractivity contribution in [2.24, 2.45) is 11.8 Å². The average molecular weight is 324 g/mol. The molecule has 0 heterocycles. The molecule has 128 valence electrons. The molecule has 0 aliphatic heterocycles. The number of unbranched alkanes of at least 4 members (excludes halogenated alkanes) is 6. The van der Waals surface area contributed by atoms with Crippen molar-refractivity contribution in [2.75, 3.05) is 0 Å². The van der Waals surface area contributed by atoms with E-state index in [4.69, 9.17) is 0 Å². The molecule has 0 fully saturated rings. The van der Waals surface area contributed by atoms with E-state index in [9.17, 15) is 9.90 Å². The van der Waals surface area contributed by atoms with Gasteiger partial charge in [0.05, 0.1) is 0 Å². The maximum atomic E-state index is 10.1. The van der Waals surface area contributed by atoms with Gasteiger partial charge in [0.15, 0.2) is 0 Å². The Morgan fingerprint density at radius 1 is 0.955 bits per heavy atom. The van der Waals surface area contributed by atoms with E-state index in [0.29, 0.717) is 0 Å². The molecule has 0 atom stereocenters. The van der Waals surface area contributed by atoms with E-state index in [2.05, 4.69) is 34.3 Å². The molecule has 22 heavy (non-hydrogen) atoms. The van der Waals surface area contributed by atoms with Gasteiger partial charge >= 0.3 is 65.3 Å². The van der Waals surface area contributed by atoms with E-state index >= 15 is 0 Å².